The normalized spacial score (nSPS) is 9.72. The van der Waals surface area contributed by atoms with Crippen LogP contribution in [0.1, 0.15) is 11.1 Å². The van der Waals surface area contributed by atoms with Crippen molar-refractivity contribution in [3.8, 4) is 23.6 Å². The second-order valence-electron chi connectivity index (χ2n) is 5.02. The van der Waals surface area contributed by atoms with Crippen molar-refractivity contribution < 1.29 is 9.13 Å². The molecule has 6 heteroatoms. The molecule has 0 saturated heterocycles. The van der Waals surface area contributed by atoms with Gasteiger partial charge in [-0.2, -0.15) is 10.5 Å². The van der Waals surface area contributed by atoms with Gasteiger partial charge in [0.1, 0.15) is 23.7 Å². The highest BCUT2D eigenvalue weighted by atomic mass is 19.1. The Bertz CT molecular complexity index is 988. The van der Waals surface area contributed by atoms with E-state index in [1.807, 2.05) is 12.1 Å². The molecule has 3 rings (SSSR count). The maximum atomic E-state index is 14.3. The summed E-state index contributed by atoms with van der Waals surface area (Å²) in [5.74, 6) is 0.215. The van der Waals surface area contributed by atoms with Gasteiger partial charge in [-0.3, -0.25) is 0 Å². The number of nitrogens with zero attached hydrogens (tertiary/aromatic N) is 3. The number of hydrogen-bond donors (Lipinski definition) is 1. The lowest BCUT2D eigenvalue weighted by atomic mass is 10.2. The summed E-state index contributed by atoms with van der Waals surface area (Å²) in [7, 11) is 0. The van der Waals surface area contributed by atoms with Crippen LogP contribution in [0.2, 0.25) is 0 Å². The second kappa shape index (κ2) is 7.12. The Morgan fingerprint density at radius 3 is 2.48 bits per heavy atom. The van der Waals surface area contributed by atoms with Gasteiger partial charge in [0, 0.05) is 18.0 Å². The maximum absolute atomic E-state index is 14.3. The number of ether oxygens (including phenoxy) is 1. The minimum atomic E-state index is -0.577. The lowest BCUT2D eigenvalue weighted by Crippen LogP contribution is -1.96. The monoisotopic (exact) mass is 330 g/mol. The van der Waals surface area contributed by atoms with Crippen LogP contribution in [0.3, 0.4) is 0 Å². The van der Waals surface area contributed by atoms with Gasteiger partial charge in [-0.15, -0.1) is 0 Å². The molecule has 0 bridgehead atoms. The highest BCUT2D eigenvalue weighted by Gasteiger charge is 2.09. The largest absolute Gasteiger partial charge is 0.453 e. The first-order valence-corrected chi connectivity index (χ1v) is 7.29. The topological polar surface area (TPSA) is 81.7 Å². The van der Waals surface area contributed by atoms with Crippen molar-refractivity contribution >= 4 is 11.5 Å². The van der Waals surface area contributed by atoms with Crippen molar-refractivity contribution in [2.45, 2.75) is 0 Å². The summed E-state index contributed by atoms with van der Waals surface area (Å²) >= 11 is 0. The molecule has 0 radical (unpaired) electrons. The number of para-hydroxylation sites is 1. The van der Waals surface area contributed by atoms with Crippen molar-refractivity contribution in [2.24, 2.45) is 0 Å². The number of nitrogens with one attached hydrogen (secondary N) is 1. The molecule has 0 saturated carbocycles. The molecule has 1 N–H and O–H groups in total. The summed E-state index contributed by atoms with van der Waals surface area (Å²) in [5.41, 5.74) is 1.25. The van der Waals surface area contributed by atoms with Crippen LogP contribution in [0, 0.1) is 28.5 Å². The number of anilines is 2. The fourth-order valence-electron chi connectivity index (χ4n) is 2.11. The first-order valence-electron chi connectivity index (χ1n) is 7.29. The third kappa shape index (κ3) is 3.72. The number of nitriles is 2. The third-order valence-electron chi connectivity index (χ3n) is 3.32. The Kier molecular flexibility index (Phi) is 4.55. The minimum Gasteiger partial charge on any atom is -0.453 e. The molecule has 0 aliphatic heterocycles. The Hall–Kier alpha value is -3.90. The molecule has 2 aromatic carbocycles. The quantitative estimate of drug-likeness (QED) is 0.761. The molecule has 0 fully saturated rings. The van der Waals surface area contributed by atoms with Crippen LogP contribution in [0.5, 0.6) is 11.5 Å². The molecule has 0 amide bonds. The maximum Gasteiger partial charge on any atom is 0.167 e. The summed E-state index contributed by atoms with van der Waals surface area (Å²) in [5, 5.41) is 20.7. The Morgan fingerprint density at radius 1 is 0.960 bits per heavy atom. The second-order valence-corrected chi connectivity index (χ2v) is 5.02. The van der Waals surface area contributed by atoms with Crippen LogP contribution in [-0.2, 0) is 0 Å². The van der Waals surface area contributed by atoms with Crippen LogP contribution in [0.25, 0.3) is 0 Å². The van der Waals surface area contributed by atoms with Crippen LogP contribution < -0.4 is 10.1 Å². The number of benzene rings is 2. The molecule has 25 heavy (non-hydrogen) atoms. The summed E-state index contributed by atoms with van der Waals surface area (Å²) in [6.07, 6.45) is 1.43. The van der Waals surface area contributed by atoms with Gasteiger partial charge in [-0.25, -0.2) is 9.37 Å². The van der Waals surface area contributed by atoms with Gasteiger partial charge in [-0.1, -0.05) is 12.1 Å². The molecular weight excluding hydrogens is 319 g/mol. The van der Waals surface area contributed by atoms with E-state index in [2.05, 4.69) is 10.3 Å². The molecule has 0 aliphatic rings. The fraction of sp³-hybridized carbons (Fsp3) is 0. The molecule has 120 valence electrons. The molecule has 3 aromatic rings. The van der Waals surface area contributed by atoms with Crippen molar-refractivity contribution in [3.63, 3.8) is 0 Å². The van der Waals surface area contributed by atoms with Crippen LogP contribution in [-0.4, -0.2) is 4.98 Å². The molecule has 0 unspecified atom stereocenters. The van der Waals surface area contributed by atoms with Crippen LogP contribution in [0.15, 0.2) is 60.8 Å². The first-order chi connectivity index (χ1) is 12.2. The fourth-order valence-corrected chi connectivity index (χ4v) is 2.11. The van der Waals surface area contributed by atoms with E-state index in [1.54, 1.807) is 42.5 Å². The van der Waals surface area contributed by atoms with Crippen molar-refractivity contribution in [2.75, 3.05) is 5.32 Å². The Balaban J connectivity index is 1.79. The SMILES string of the molecule is N#Cc1ccc(Nc2ccc(Oc3ccccc3C#N)c(F)c2)nc1. The van der Waals surface area contributed by atoms with E-state index < -0.39 is 5.82 Å². The summed E-state index contributed by atoms with van der Waals surface area (Å²) in [6.45, 7) is 0. The molecule has 0 spiro atoms. The zero-order valence-corrected chi connectivity index (χ0v) is 12.9. The van der Waals surface area contributed by atoms with Gasteiger partial charge in [0.05, 0.1) is 11.1 Å². The predicted octanol–water partition coefficient (Wildman–Crippen LogP) is 4.50. The highest BCUT2D eigenvalue weighted by molar-refractivity contribution is 5.58. The van der Waals surface area contributed by atoms with Gasteiger partial charge >= 0.3 is 0 Å². The molecule has 5 nitrogen and oxygen atoms in total. The van der Waals surface area contributed by atoms with Gasteiger partial charge in [0.2, 0.25) is 0 Å². The van der Waals surface area contributed by atoms with Crippen LogP contribution in [0.4, 0.5) is 15.9 Å². The lowest BCUT2D eigenvalue weighted by Gasteiger charge is -2.10. The number of pyridine rings is 1. The summed E-state index contributed by atoms with van der Waals surface area (Å²) in [6, 6.07) is 18.2. The van der Waals surface area contributed by atoms with Crippen molar-refractivity contribution in [1.82, 2.24) is 4.98 Å². The third-order valence-corrected chi connectivity index (χ3v) is 3.32. The summed E-state index contributed by atoms with van der Waals surface area (Å²) in [4.78, 5) is 4.06. The average molecular weight is 330 g/mol. The molecule has 0 aliphatic carbocycles. The van der Waals surface area contributed by atoms with Crippen molar-refractivity contribution in [1.29, 1.82) is 10.5 Å². The van der Waals surface area contributed by atoms with Crippen molar-refractivity contribution in [3.05, 3.63) is 77.7 Å². The Labute approximate surface area is 143 Å². The van der Waals surface area contributed by atoms with Gasteiger partial charge in [0.25, 0.3) is 0 Å². The molecular formula is C19H11FN4O. The van der Waals surface area contributed by atoms with E-state index in [0.717, 1.165) is 0 Å². The number of rotatable bonds is 4. The highest BCUT2D eigenvalue weighted by Crippen LogP contribution is 2.29. The van der Waals surface area contributed by atoms with E-state index in [9.17, 15) is 4.39 Å². The molecule has 0 atom stereocenters. The average Bonchev–Trinajstić information content (AvgIpc) is 2.65. The smallest absolute Gasteiger partial charge is 0.167 e. The van der Waals surface area contributed by atoms with Gasteiger partial charge in [0.15, 0.2) is 11.6 Å². The van der Waals surface area contributed by atoms with Gasteiger partial charge < -0.3 is 10.1 Å². The standard InChI is InChI=1S/C19H11FN4O/c20-16-9-15(24-19-8-5-13(10-21)12-23-19)6-7-18(16)25-17-4-2-1-3-14(17)11-22/h1-9,12H,(H,23,24). The van der Waals surface area contributed by atoms with E-state index in [1.165, 1.54) is 18.3 Å². The summed E-state index contributed by atoms with van der Waals surface area (Å²) < 4.78 is 19.8. The van der Waals surface area contributed by atoms with Crippen LogP contribution >= 0.6 is 0 Å². The predicted molar refractivity (Wildman–Crippen MR) is 89.9 cm³/mol. The van der Waals surface area contributed by atoms with E-state index in [4.69, 9.17) is 15.3 Å². The first kappa shape index (κ1) is 16.0. The van der Waals surface area contributed by atoms with Gasteiger partial charge in [-0.05, 0) is 36.4 Å². The lowest BCUT2D eigenvalue weighted by molar-refractivity contribution is 0.441. The molecule has 1 heterocycles. The molecule has 1 aromatic heterocycles. The van der Waals surface area contributed by atoms with E-state index in [-0.39, 0.29) is 5.75 Å². The number of halogens is 1. The minimum absolute atomic E-state index is 0.0148. The number of aromatic nitrogens is 1. The Morgan fingerprint density at radius 2 is 1.80 bits per heavy atom. The van der Waals surface area contributed by atoms with E-state index >= 15 is 0 Å². The zero-order valence-electron chi connectivity index (χ0n) is 12.9. The number of hydrogen-bond acceptors (Lipinski definition) is 5. The zero-order chi connectivity index (χ0) is 17.6. The van der Waals surface area contributed by atoms with E-state index in [0.29, 0.717) is 28.4 Å².